The molecular weight excluding hydrogens is 611 g/mol. The van der Waals surface area contributed by atoms with Gasteiger partial charge >= 0.3 is 12.4 Å². The quantitative estimate of drug-likeness (QED) is 0.243. The van der Waals surface area contributed by atoms with Crippen molar-refractivity contribution in [1.29, 1.82) is 0 Å². The summed E-state index contributed by atoms with van der Waals surface area (Å²) in [5.41, 5.74) is -2.72. The van der Waals surface area contributed by atoms with Crippen molar-refractivity contribution in [2.75, 3.05) is 6.54 Å². The summed E-state index contributed by atoms with van der Waals surface area (Å²) in [5, 5.41) is 2.91. The van der Waals surface area contributed by atoms with Crippen LogP contribution in [-0.2, 0) is 4.79 Å². The highest BCUT2D eigenvalue weighted by atomic mass is 35.5. The van der Waals surface area contributed by atoms with Gasteiger partial charge in [-0.05, 0) is 48.7 Å². The highest BCUT2D eigenvalue weighted by Gasteiger charge is 2.52. The van der Waals surface area contributed by atoms with Gasteiger partial charge in [-0.1, -0.05) is 52.5 Å². The van der Waals surface area contributed by atoms with Crippen molar-refractivity contribution in [1.82, 2.24) is 10.6 Å². The van der Waals surface area contributed by atoms with Crippen LogP contribution in [0.2, 0.25) is 20.1 Å². The number of carbonyl (C=O) groups is 2. The molecule has 0 saturated heterocycles. The van der Waals surface area contributed by atoms with Crippen LogP contribution in [0.25, 0.3) is 5.83 Å². The van der Waals surface area contributed by atoms with E-state index in [0.717, 1.165) is 30.3 Å². The number of rotatable bonds is 7. The Morgan fingerprint density at radius 1 is 0.947 bits per heavy atom. The van der Waals surface area contributed by atoms with E-state index < -0.39 is 59.1 Å². The molecule has 0 aliphatic heterocycles. The molecule has 0 radical (unpaired) electrons. The van der Waals surface area contributed by atoms with Gasteiger partial charge in [0, 0.05) is 5.56 Å². The van der Waals surface area contributed by atoms with Gasteiger partial charge < -0.3 is 10.6 Å². The highest BCUT2D eigenvalue weighted by molar-refractivity contribution is 6.48. The Kier molecular flexibility index (Phi) is 8.87. The number of allylic oxidation sites excluding steroid dienone is 1. The van der Waals surface area contributed by atoms with Gasteiger partial charge in [-0.3, -0.25) is 9.59 Å². The standard InChI is InChI=1S/C23H15Cl4F7N2O2/c24-14-5-10(17(28)8-13(23(32,33)34)11-6-15(25)18(27)16(26)7-11)1-2-12(14)19(37)36-21(3-4-21)20(38)35-9-22(29,30)31/h1-2,5-8,13H,3-4,9H2,(H,35,38)(H,36,37). The SMILES string of the molecule is O=C(NC1(C(=O)NCC(F)(F)F)CC1)c1ccc(C(F)=CC(c2cc(Cl)c(Cl)c(Cl)c2)C(F)(F)F)cc1Cl. The van der Waals surface area contributed by atoms with E-state index in [1.54, 1.807) is 5.32 Å². The maximum atomic E-state index is 14.9. The van der Waals surface area contributed by atoms with E-state index in [0.29, 0.717) is 0 Å². The molecule has 0 spiro atoms. The lowest BCUT2D eigenvalue weighted by molar-refractivity contribution is -0.140. The van der Waals surface area contributed by atoms with E-state index in [-0.39, 0.29) is 44.6 Å². The van der Waals surface area contributed by atoms with Gasteiger partial charge in [0.15, 0.2) is 0 Å². The second-order valence-corrected chi connectivity index (χ2v) is 9.96. The maximum absolute atomic E-state index is 14.9. The van der Waals surface area contributed by atoms with Crippen molar-refractivity contribution in [2.24, 2.45) is 0 Å². The molecule has 0 aromatic heterocycles. The predicted octanol–water partition coefficient (Wildman–Crippen LogP) is 7.90. The Balaban J connectivity index is 1.82. The Hall–Kier alpha value is -2.21. The van der Waals surface area contributed by atoms with E-state index in [1.165, 1.54) is 0 Å². The fraction of sp³-hybridized carbons (Fsp3) is 0.304. The average Bonchev–Trinajstić information content (AvgIpc) is 3.58. The number of halogens is 11. The topological polar surface area (TPSA) is 58.2 Å². The molecule has 1 unspecified atom stereocenters. The van der Waals surface area contributed by atoms with Crippen molar-refractivity contribution >= 4 is 64.0 Å². The first-order chi connectivity index (χ1) is 17.4. The molecule has 2 N–H and O–H groups in total. The average molecular weight is 626 g/mol. The lowest BCUT2D eigenvalue weighted by Crippen LogP contribution is -2.50. The summed E-state index contributed by atoms with van der Waals surface area (Å²) in [6.07, 6.45) is -9.18. The van der Waals surface area contributed by atoms with Crippen LogP contribution in [0, 0.1) is 0 Å². The van der Waals surface area contributed by atoms with Crippen LogP contribution < -0.4 is 10.6 Å². The molecule has 1 saturated carbocycles. The lowest BCUT2D eigenvalue weighted by atomic mass is 9.96. The second-order valence-electron chi connectivity index (χ2n) is 8.36. The van der Waals surface area contributed by atoms with Gasteiger partial charge in [-0.25, -0.2) is 4.39 Å². The highest BCUT2D eigenvalue weighted by Crippen LogP contribution is 2.42. The summed E-state index contributed by atoms with van der Waals surface area (Å²) in [6, 6.07) is 4.67. The first-order valence-electron chi connectivity index (χ1n) is 10.5. The van der Waals surface area contributed by atoms with Gasteiger partial charge in [-0.2, -0.15) is 26.3 Å². The Morgan fingerprint density at radius 3 is 2.00 bits per heavy atom. The third-order valence-corrected chi connectivity index (χ3v) is 7.02. The summed E-state index contributed by atoms with van der Waals surface area (Å²) >= 11 is 23.4. The molecule has 2 amide bonds. The molecule has 4 nitrogen and oxygen atoms in total. The molecule has 0 heterocycles. The fourth-order valence-electron chi connectivity index (χ4n) is 3.39. The number of hydrogen-bond donors (Lipinski definition) is 2. The Labute approximate surface area is 231 Å². The zero-order chi connectivity index (χ0) is 28.6. The fourth-order valence-corrected chi connectivity index (χ4v) is 4.27. The molecular formula is C23H15Cl4F7N2O2. The normalized spacial score (nSPS) is 16.1. The number of alkyl halides is 6. The number of amides is 2. The zero-order valence-corrected chi connectivity index (χ0v) is 21.7. The molecule has 3 rings (SSSR count). The molecule has 1 fully saturated rings. The van der Waals surface area contributed by atoms with E-state index >= 15 is 0 Å². The second kappa shape index (κ2) is 11.1. The Bertz CT molecular complexity index is 1270. The third-order valence-electron chi connectivity index (χ3n) is 5.51. The molecule has 206 valence electrons. The number of carbonyl (C=O) groups excluding carboxylic acids is 2. The molecule has 2 aromatic rings. The number of nitrogens with one attached hydrogen (secondary N) is 2. The van der Waals surface area contributed by atoms with Gasteiger partial charge in [0.2, 0.25) is 5.91 Å². The zero-order valence-electron chi connectivity index (χ0n) is 18.6. The van der Waals surface area contributed by atoms with Crippen LogP contribution in [0.1, 0.15) is 40.2 Å². The van der Waals surface area contributed by atoms with Crippen LogP contribution in [-0.4, -0.2) is 36.3 Å². The van der Waals surface area contributed by atoms with Crippen molar-refractivity contribution in [3.8, 4) is 0 Å². The summed E-state index contributed by atoms with van der Waals surface area (Å²) in [6.45, 7) is -1.59. The minimum absolute atomic E-state index is 0.0764. The molecule has 38 heavy (non-hydrogen) atoms. The van der Waals surface area contributed by atoms with Gasteiger partial charge in [-0.15, -0.1) is 0 Å². The van der Waals surface area contributed by atoms with E-state index in [9.17, 15) is 40.3 Å². The maximum Gasteiger partial charge on any atom is 0.405 e. The largest absolute Gasteiger partial charge is 0.405 e. The summed E-state index contributed by atoms with van der Waals surface area (Å²) in [4.78, 5) is 24.7. The summed E-state index contributed by atoms with van der Waals surface area (Å²) < 4.78 is 93.2. The van der Waals surface area contributed by atoms with E-state index in [2.05, 4.69) is 5.32 Å². The smallest absolute Gasteiger partial charge is 0.345 e. The number of hydrogen-bond acceptors (Lipinski definition) is 2. The van der Waals surface area contributed by atoms with Crippen molar-refractivity contribution in [3.63, 3.8) is 0 Å². The lowest BCUT2D eigenvalue weighted by Gasteiger charge is -2.19. The van der Waals surface area contributed by atoms with Gasteiger partial charge in [0.1, 0.15) is 23.8 Å². The van der Waals surface area contributed by atoms with Crippen LogP contribution >= 0.6 is 46.4 Å². The molecule has 15 heteroatoms. The molecule has 1 aliphatic rings. The minimum Gasteiger partial charge on any atom is -0.345 e. The van der Waals surface area contributed by atoms with Crippen LogP contribution in [0.3, 0.4) is 0 Å². The van der Waals surface area contributed by atoms with Gasteiger partial charge in [0.05, 0.1) is 25.7 Å². The molecule has 1 atom stereocenters. The van der Waals surface area contributed by atoms with Gasteiger partial charge in [0.25, 0.3) is 5.91 Å². The monoisotopic (exact) mass is 624 g/mol. The molecule has 0 bridgehead atoms. The summed E-state index contributed by atoms with van der Waals surface area (Å²) in [5.74, 6) is -5.79. The predicted molar refractivity (Wildman–Crippen MR) is 129 cm³/mol. The van der Waals surface area contributed by atoms with Crippen LogP contribution in [0.4, 0.5) is 30.7 Å². The van der Waals surface area contributed by atoms with E-state index in [1.807, 2.05) is 0 Å². The van der Waals surface area contributed by atoms with Crippen LogP contribution in [0.15, 0.2) is 36.4 Å². The van der Waals surface area contributed by atoms with E-state index in [4.69, 9.17) is 46.4 Å². The summed E-state index contributed by atoms with van der Waals surface area (Å²) in [7, 11) is 0. The first kappa shape index (κ1) is 30.3. The molecule has 2 aromatic carbocycles. The Morgan fingerprint density at radius 2 is 1.53 bits per heavy atom. The van der Waals surface area contributed by atoms with Crippen molar-refractivity contribution in [3.05, 3.63) is 73.2 Å². The van der Waals surface area contributed by atoms with Crippen LogP contribution in [0.5, 0.6) is 0 Å². The number of benzene rings is 2. The van der Waals surface area contributed by atoms with Crippen molar-refractivity contribution in [2.45, 2.75) is 36.7 Å². The minimum atomic E-state index is -4.95. The molecule has 1 aliphatic carbocycles. The first-order valence-corrected chi connectivity index (χ1v) is 12.0. The third kappa shape index (κ3) is 7.25. The van der Waals surface area contributed by atoms with Crippen molar-refractivity contribution < 1.29 is 40.3 Å².